The number of H-pyrrole nitrogens is 2. The summed E-state index contributed by atoms with van der Waals surface area (Å²) >= 11 is -1.91. The number of para-hydroxylation sites is 1. The average molecular weight is 1680 g/mol. The van der Waals surface area contributed by atoms with E-state index < -0.39 is 144 Å². The predicted octanol–water partition coefficient (Wildman–Crippen LogP) is 8.66. The number of ketones is 4. The maximum absolute atomic E-state index is 14.7. The SMILES string of the molecule is CC.CC(C)CC(CC(=O)[C@H](Cc1cnc[nH]1)NC(=O)CCC(=O)[C@@H](NC(=O)[C@H](C)CC(=O)[C@H](Cc1c[nH]c2ccccc12)NC(=O)[C@H](CCC(N)=O)CC(=O)[C@@H](Cc1ccccc1)NC(=O)COCC(=O)Nc1ccc(CNC(=O)C(C[N-]CC[NH-])CNCC[NH-])cc1)C(C)C)CC(C)C.[99Tc].[N-]=NN=N.[O]=[Tc]=[O]. The van der Waals surface area contributed by atoms with Crippen LogP contribution >= 0.6 is 0 Å². The number of imidazole rings is 1. The van der Waals surface area contributed by atoms with Gasteiger partial charge in [-0.15, -0.1) is 13.1 Å². The molecule has 0 fully saturated rings. The van der Waals surface area contributed by atoms with Crippen LogP contribution in [0.5, 0.6) is 0 Å². The van der Waals surface area contributed by atoms with Gasteiger partial charge in [0, 0.05) is 137 Å². The average Bonchev–Trinajstić information content (AvgIpc) is 1.69. The van der Waals surface area contributed by atoms with Gasteiger partial charge in [0.05, 0.1) is 30.5 Å². The van der Waals surface area contributed by atoms with E-state index in [-0.39, 0.29) is 115 Å². The van der Waals surface area contributed by atoms with Gasteiger partial charge in [-0.2, -0.15) is 13.1 Å². The van der Waals surface area contributed by atoms with Crippen LogP contribution in [0.4, 0.5) is 5.69 Å². The molecule has 5 aromatic rings. The number of hydrogen-bond acceptors (Lipinski definition) is 17. The molecule has 5 rings (SSSR count). The van der Waals surface area contributed by atoms with Crippen molar-refractivity contribution in [1.29, 1.82) is 5.53 Å². The number of aromatic amines is 2. The molecule has 2 heterocycles. The number of fused-ring (bicyclic) bond motifs is 1. The molecule has 34 heteroatoms. The standard InChI is InChI=1S/C73H103N14O12.C2H6.HN4.2O.2Tc/c1-45(2)29-51(30-46(3)4)33-64(90)61(36-56-41-79-44-82-56)84-67(93)24-22-62(88)70(47(5)6)87-71(96)48(7)31-63(89)60(34-53-40-80-58-16-12-11-15-57(53)58)86-73(98)52(19-23-66(76)92)35-65(91)59(32-49-13-9-8-10-14-49)85-69(95)43-99-42-68(94)83-55-20-17-50(18-21-55)37-81-72(97)54(38-77-27-25-74)39-78-28-26-75;1-2;1-3-4-2;;;;/h8-18,20-21,40-41,44-48,51-52,54,59-61,70,74-75,77,80H,19,22-39,42-43H2,1-7H3,(H2,76,92)(H,79,82)(H,81,97)(H,83,94)(H,84,93)(H,85,95)(H,86,98)(H,87,96);1-2H3;1H;;;;/q-3;;-1;;;;/t48-,52-,54?,59-,60+,61+,70+;;;;;;/m1....../s1/i;;;;;1+1;. The van der Waals surface area contributed by atoms with Gasteiger partial charge in [0.1, 0.15) is 13.2 Å². The Morgan fingerprint density at radius 1 is 0.661 bits per heavy atom. The molecule has 2 aromatic heterocycles. The van der Waals surface area contributed by atoms with E-state index in [0.717, 1.165) is 29.3 Å². The Kier molecular flexibility index (Phi) is 50.9. The Bertz CT molecular complexity index is 3610. The molecule has 3 aromatic carbocycles. The molecule has 0 bridgehead atoms. The summed E-state index contributed by atoms with van der Waals surface area (Å²) in [7, 11) is 0. The number of nitrogens with two attached hydrogens (primary N) is 1. The van der Waals surface area contributed by atoms with Crippen molar-refractivity contribution in [1.82, 2.24) is 46.9 Å². The third-order valence-corrected chi connectivity index (χ3v) is 16.9. The fourth-order valence-corrected chi connectivity index (χ4v) is 11.8. The van der Waals surface area contributed by atoms with Crippen molar-refractivity contribution in [2.45, 2.75) is 170 Å². The van der Waals surface area contributed by atoms with Crippen molar-refractivity contribution in [3.63, 3.8) is 0 Å². The molecule has 0 saturated carbocycles. The van der Waals surface area contributed by atoms with E-state index in [4.69, 9.17) is 40.0 Å². The third kappa shape index (κ3) is 40.5. The molecule has 1 unspecified atom stereocenters. The number of nitrogens with zero attached hydrogens (tertiary/aromatic N) is 5. The summed E-state index contributed by atoms with van der Waals surface area (Å²) in [6.07, 6.45) is 4.95. The molecule has 0 aliphatic rings. The summed E-state index contributed by atoms with van der Waals surface area (Å²) in [4.78, 5) is 161. The van der Waals surface area contributed by atoms with E-state index in [9.17, 15) is 52.7 Å². The van der Waals surface area contributed by atoms with Gasteiger partial charge >= 0.3 is 24.6 Å². The summed E-state index contributed by atoms with van der Waals surface area (Å²) in [5, 5.41) is 29.1. The monoisotopic (exact) mass is 1680 g/mol. The molecule has 7 atom stereocenters. The molecule has 0 aliphatic heterocycles. The number of hydrogen-bond donors (Lipinski definition) is 11. The number of carbonyl (C=O) groups is 11. The fourth-order valence-electron chi connectivity index (χ4n) is 11.8. The van der Waals surface area contributed by atoms with E-state index in [1.165, 1.54) is 13.3 Å². The van der Waals surface area contributed by atoms with Gasteiger partial charge in [-0.05, 0) is 90.8 Å². The number of carbonyl (C=O) groups excluding carboxylic acids is 11. The van der Waals surface area contributed by atoms with E-state index in [1.807, 2.05) is 43.3 Å². The quantitative estimate of drug-likeness (QED) is 0.00985. The first-order valence-electron chi connectivity index (χ1n) is 36.3. The number of Topliss-reactive ketones (excluding diaryl/α,β-unsaturated/α-hetero) is 4. The second kappa shape index (κ2) is 56.5. The minimum atomic E-state index is -1.91. The Morgan fingerprint density at radius 3 is 1.85 bits per heavy atom. The number of amides is 7. The molecular weight excluding hydrogens is 1570 g/mol. The van der Waals surface area contributed by atoms with Crippen LogP contribution in [0.1, 0.15) is 142 Å². The van der Waals surface area contributed by atoms with Gasteiger partial charge in [0.15, 0.2) is 23.1 Å². The van der Waals surface area contributed by atoms with Crippen LogP contribution in [0.3, 0.4) is 0 Å². The Hall–Kier alpha value is -8.72. The van der Waals surface area contributed by atoms with Gasteiger partial charge in [0.2, 0.25) is 41.4 Å². The predicted molar refractivity (Wildman–Crippen MR) is 403 cm³/mol. The summed E-state index contributed by atoms with van der Waals surface area (Å²) < 4.78 is 22.5. The van der Waals surface area contributed by atoms with Crippen molar-refractivity contribution < 1.29 is 102 Å². The maximum atomic E-state index is 14.7. The van der Waals surface area contributed by atoms with E-state index in [2.05, 4.69) is 90.4 Å². The topological polar surface area (TPSA) is 518 Å². The van der Waals surface area contributed by atoms with Crippen LogP contribution < -0.4 is 43.0 Å². The molecule has 1 radical (unpaired) electrons. The molecule has 109 heavy (non-hydrogen) atoms. The number of anilines is 1. The van der Waals surface area contributed by atoms with Gasteiger partial charge < -0.3 is 80.0 Å². The first-order chi connectivity index (χ1) is 51.6. The molecule has 0 spiro atoms. The Labute approximate surface area is 659 Å². The summed E-state index contributed by atoms with van der Waals surface area (Å²) in [6, 6.07) is 18.4. The van der Waals surface area contributed by atoms with Crippen LogP contribution in [-0.4, -0.2) is 156 Å². The Balaban J connectivity index is 0.00000564. The second-order valence-electron chi connectivity index (χ2n) is 27.0. The Morgan fingerprint density at radius 2 is 1.26 bits per heavy atom. The number of primary amides is 1. The molecule has 7 amide bonds. The number of ether oxygens (including phenoxy) is 1. The summed E-state index contributed by atoms with van der Waals surface area (Å²) in [5.41, 5.74) is 37.0. The molecular formula is C75H110N18O14Tc2-4. The van der Waals surface area contributed by atoms with Crippen molar-refractivity contribution in [2.75, 3.05) is 57.8 Å². The molecule has 602 valence electrons. The minimum absolute atomic E-state index is 0. The number of aromatic nitrogens is 3. The van der Waals surface area contributed by atoms with E-state index in [1.54, 1.807) is 80.8 Å². The summed E-state index contributed by atoms with van der Waals surface area (Å²) in [6.45, 7) is 18.1. The first-order valence-corrected chi connectivity index (χ1v) is 37.8. The van der Waals surface area contributed by atoms with E-state index in [0.29, 0.717) is 54.0 Å². The van der Waals surface area contributed by atoms with Crippen LogP contribution in [0.25, 0.3) is 33.2 Å². The number of benzene rings is 3. The van der Waals surface area contributed by atoms with Crippen LogP contribution in [0.15, 0.2) is 108 Å². The molecule has 0 saturated heterocycles. The number of rotatable bonds is 50. The fraction of sp³-hybridized carbons (Fsp3) is 0.547. The second-order valence-corrected chi connectivity index (χ2v) is 27.3. The molecule has 32 nitrogen and oxygen atoms in total. The van der Waals surface area contributed by atoms with Crippen LogP contribution in [0.2, 0.25) is 0 Å². The van der Waals surface area contributed by atoms with Crippen molar-refractivity contribution in [3.05, 3.63) is 142 Å². The van der Waals surface area contributed by atoms with Crippen molar-refractivity contribution >= 4 is 81.1 Å². The van der Waals surface area contributed by atoms with Crippen LogP contribution in [-0.2, 0) is 128 Å². The van der Waals surface area contributed by atoms with Crippen LogP contribution in [0, 0.1) is 47.0 Å². The zero-order valence-corrected chi connectivity index (χ0v) is 67.4. The van der Waals surface area contributed by atoms with Crippen molar-refractivity contribution in [2.24, 2.45) is 57.6 Å². The van der Waals surface area contributed by atoms with Gasteiger partial charge in [0.25, 0.3) is 0 Å². The third-order valence-electron chi connectivity index (χ3n) is 16.9. The normalized spacial score (nSPS) is 12.7. The zero-order valence-electron chi connectivity index (χ0n) is 63.7. The van der Waals surface area contributed by atoms with E-state index >= 15 is 0 Å². The van der Waals surface area contributed by atoms with Gasteiger partial charge in [-0.3, -0.25) is 68.7 Å². The summed E-state index contributed by atoms with van der Waals surface area (Å²) in [5.74, 6) is -8.25. The van der Waals surface area contributed by atoms with Gasteiger partial charge in [-0.1, -0.05) is 123 Å². The first kappa shape index (κ1) is 98.3. The molecule has 0 aliphatic carbocycles. The van der Waals surface area contributed by atoms with Crippen molar-refractivity contribution in [3.8, 4) is 0 Å². The zero-order chi connectivity index (χ0) is 80.5. The van der Waals surface area contributed by atoms with Gasteiger partial charge in [-0.25, -0.2) is 4.98 Å². The molecule has 14 N–H and O–H groups in total. The number of nitrogens with one attached hydrogen (secondary N) is 12.